The molecule has 1 amide bonds. The SMILES string of the molecule is O=C(NC1CCN(c2cccc(C(F)(F)F)n2)CC1)c1ccncc1. The molecule has 5 nitrogen and oxygen atoms in total. The molecule has 132 valence electrons. The van der Waals surface area contributed by atoms with Crippen LogP contribution in [0, 0.1) is 0 Å². The Morgan fingerprint density at radius 3 is 2.44 bits per heavy atom. The van der Waals surface area contributed by atoms with Gasteiger partial charge < -0.3 is 10.2 Å². The lowest BCUT2D eigenvalue weighted by Gasteiger charge is -2.33. The van der Waals surface area contributed by atoms with Crippen LogP contribution in [0.25, 0.3) is 0 Å². The molecule has 8 heteroatoms. The van der Waals surface area contributed by atoms with Crippen LogP contribution < -0.4 is 10.2 Å². The number of alkyl halides is 3. The van der Waals surface area contributed by atoms with Crippen LogP contribution in [-0.2, 0) is 6.18 Å². The van der Waals surface area contributed by atoms with Gasteiger partial charge in [0.1, 0.15) is 11.5 Å². The molecule has 0 atom stereocenters. The Kier molecular flexibility index (Phi) is 4.87. The van der Waals surface area contributed by atoms with Crippen LogP contribution in [0.5, 0.6) is 0 Å². The third kappa shape index (κ3) is 4.26. The summed E-state index contributed by atoms with van der Waals surface area (Å²) in [5.41, 5.74) is -0.352. The minimum absolute atomic E-state index is 0.0114. The Balaban J connectivity index is 1.58. The van der Waals surface area contributed by atoms with Gasteiger partial charge in [-0.15, -0.1) is 0 Å². The number of piperidine rings is 1. The first-order chi connectivity index (χ1) is 11.9. The molecule has 0 saturated carbocycles. The lowest BCUT2D eigenvalue weighted by Crippen LogP contribution is -2.45. The van der Waals surface area contributed by atoms with Gasteiger partial charge in [-0.2, -0.15) is 13.2 Å². The largest absolute Gasteiger partial charge is 0.433 e. The molecule has 0 aromatic carbocycles. The molecule has 0 bridgehead atoms. The van der Waals surface area contributed by atoms with Crippen molar-refractivity contribution in [2.24, 2.45) is 0 Å². The summed E-state index contributed by atoms with van der Waals surface area (Å²) < 4.78 is 38.3. The summed E-state index contributed by atoms with van der Waals surface area (Å²) in [5, 5.41) is 2.95. The predicted molar refractivity (Wildman–Crippen MR) is 86.2 cm³/mol. The molecule has 1 N–H and O–H groups in total. The van der Waals surface area contributed by atoms with Gasteiger partial charge in [0.15, 0.2) is 0 Å². The van der Waals surface area contributed by atoms with Gasteiger partial charge in [-0.25, -0.2) is 4.98 Å². The van der Waals surface area contributed by atoms with E-state index in [4.69, 9.17) is 0 Å². The Morgan fingerprint density at radius 2 is 1.80 bits per heavy atom. The van der Waals surface area contributed by atoms with E-state index in [1.165, 1.54) is 6.07 Å². The van der Waals surface area contributed by atoms with Crippen molar-refractivity contribution in [1.29, 1.82) is 0 Å². The molecule has 1 aliphatic heterocycles. The molecular formula is C17H17F3N4O. The van der Waals surface area contributed by atoms with Gasteiger partial charge in [0.2, 0.25) is 0 Å². The van der Waals surface area contributed by atoms with Gasteiger partial charge in [-0.1, -0.05) is 6.07 Å². The molecule has 3 heterocycles. The van der Waals surface area contributed by atoms with Gasteiger partial charge in [0.05, 0.1) is 0 Å². The Morgan fingerprint density at radius 1 is 1.12 bits per heavy atom. The summed E-state index contributed by atoms with van der Waals surface area (Å²) >= 11 is 0. The first kappa shape index (κ1) is 17.2. The number of amides is 1. The van der Waals surface area contributed by atoms with Gasteiger partial charge in [-0.3, -0.25) is 9.78 Å². The molecule has 0 radical (unpaired) electrons. The average Bonchev–Trinajstić information content (AvgIpc) is 2.62. The molecule has 0 spiro atoms. The van der Waals surface area contributed by atoms with Crippen molar-refractivity contribution in [3.63, 3.8) is 0 Å². The third-order valence-corrected chi connectivity index (χ3v) is 4.12. The highest BCUT2D eigenvalue weighted by Crippen LogP contribution is 2.29. The summed E-state index contributed by atoms with van der Waals surface area (Å²) in [4.78, 5) is 21.5. The van der Waals surface area contributed by atoms with Gasteiger partial charge in [0.25, 0.3) is 5.91 Å². The number of hydrogen-bond acceptors (Lipinski definition) is 4. The fraction of sp³-hybridized carbons (Fsp3) is 0.353. The van der Waals surface area contributed by atoms with Crippen LogP contribution in [0.2, 0.25) is 0 Å². The van der Waals surface area contributed by atoms with Gasteiger partial charge in [-0.05, 0) is 37.1 Å². The number of hydrogen-bond donors (Lipinski definition) is 1. The number of aromatic nitrogens is 2. The zero-order valence-corrected chi connectivity index (χ0v) is 13.3. The van der Waals surface area contributed by atoms with Crippen LogP contribution in [0.4, 0.5) is 19.0 Å². The number of carbonyl (C=O) groups excluding carboxylic acids is 1. The lowest BCUT2D eigenvalue weighted by molar-refractivity contribution is -0.141. The number of nitrogens with zero attached hydrogens (tertiary/aromatic N) is 3. The molecule has 3 rings (SSSR count). The molecule has 1 aliphatic rings. The zero-order chi connectivity index (χ0) is 17.9. The second-order valence-electron chi connectivity index (χ2n) is 5.85. The van der Waals surface area contributed by atoms with Crippen LogP contribution in [0.3, 0.4) is 0 Å². The van der Waals surface area contributed by atoms with E-state index >= 15 is 0 Å². The zero-order valence-electron chi connectivity index (χ0n) is 13.3. The second-order valence-corrected chi connectivity index (χ2v) is 5.85. The number of halogens is 3. The van der Waals surface area contributed by atoms with Gasteiger partial charge >= 0.3 is 6.18 Å². The monoisotopic (exact) mass is 350 g/mol. The first-order valence-electron chi connectivity index (χ1n) is 7.93. The fourth-order valence-electron chi connectivity index (χ4n) is 2.78. The van der Waals surface area contributed by atoms with Crippen molar-refractivity contribution in [3.8, 4) is 0 Å². The van der Waals surface area contributed by atoms with E-state index in [2.05, 4.69) is 15.3 Å². The van der Waals surface area contributed by atoms with Crippen LogP contribution in [-0.4, -0.2) is 35.0 Å². The second kappa shape index (κ2) is 7.08. The highest BCUT2D eigenvalue weighted by Gasteiger charge is 2.33. The van der Waals surface area contributed by atoms with E-state index in [1.54, 1.807) is 30.6 Å². The van der Waals surface area contributed by atoms with Crippen molar-refractivity contribution < 1.29 is 18.0 Å². The van der Waals surface area contributed by atoms with Crippen molar-refractivity contribution in [2.75, 3.05) is 18.0 Å². The Hall–Kier alpha value is -2.64. The number of nitrogens with one attached hydrogen (secondary N) is 1. The molecule has 1 saturated heterocycles. The van der Waals surface area contributed by atoms with E-state index in [0.717, 1.165) is 6.07 Å². The number of rotatable bonds is 3. The summed E-state index contributed by atoms with van der Waals surface area (Å²) in [6.07, 6.45) is -0.0516. The topological polar surface area (TPSA) is 58.1 Å². The molecule has 0 unspecified atom stereocenters. The van der Waals surface area contributed by atoms with E-state index < -0.39 is 11.9 Å². The maximum absolute atomic E-state index is 12.8. The van der Waals surface area contributed by atoms with Crippen molar-refractivity contribution in [3.05, 3.63) is 54.0 Å². The highest BCUT2D eigenvalue weighted by molar-refractivity contribution is 5.94. The molecule has 2 aromatic heterocycles. The highest BCUT2D eigenvalue weighted by atomic mass is 19.4. The maximum Gasteiger partial charge on any atom is 0.433 e. The summed E-state index contributed by atoms with van der Waals surface area (Å²) in [7, 11) is 0. The fourth-order valence-corrected chi connectivity index (χ4v) is 2.78. The normalized spacial score (nSPS) is 15.9. The summed E-state index contributed by atoms with van der Waals surface area (Å²) in [6.45, 7) is 1.07. The minimum Gasteiger partial charge on any atom is -0.356 e. The van der Waals surface area contributed by atoms with Crippen molar-refractivity contribution >= 4 is 11.7 Å². The van der Waals surface area contributed by atoms with Crippen molar-refractivity contribution in [1.82, 2.24) is 15.3 Å². The third-order valence-electron chi connectivity index (χ3n) is 4.12. The van der Waals surface area contributed by atoms with Crippen LogP contribution >= 0.6 is 0 Å². The average molecular weight is 350 g/mol. The molecule has 0 aliphatic carbocycles. The smallest absolute Gasteiger partial charge is 0.356 e. The predicted octanol–water partition coefficient (Wildman–Crippen LogP) is 2.89. The minimum atomic E-state index is -4.45. The van der Waals surface area contributed by atoms with E-state index in [9.17, 15) is 18.0 Å². The van der Waals surface area contributed by atoms with Crippen LogP contribution in [0.15, 0.2) is 42.7 Å². The maximum atomic E-state index is 12.8. The van der Waals surface area contributed by atoms with Crippen molar-refractivity contribution in [2.45, 2.75) is 25.1 Å². The van der Waals surface area contributed by atoms with E-state index in [0.29, 0.717) is 37.3 Å². The lowest BCUT2D eigenvalue weighted by atomic mass is 10.0. The first-order valence-corrected chi connectivity index (χ1v) is 7.93. The summed E-state index contributed by atoms with van der Waals surface area (Å²) in [6, 6.07) is 7.16. The molecular weight excluding hydrogens is 333 g/mol. The Labute approximate surface area is 142 Å². The van der Waals surface area contributed by atoms with E-state index in [-0.39, 0.29) is 11.9 Å². The molecule has 2 aromatic rings. The number of pyridine rings is 2. The standard InChI is InChI=1S/C17H17F3N4O/c18-17(19,20)14-2-1-3-15(23-14)24-10-6-13(7-11-24)22-16(25)12-4-8-21-9-5-12/h1-5,8-9,13H,6-7,10-11H2,(H,22,25). The summed E-state index contributed by atoms with van der Waals surface area (Å²) in [5.74, 6) is 0.145. The van der Waals surface area contributed by atoms with Gasteiger partial charge in [0, 0.05) is 37.1 Å². The van der Waals surface area contributed by atoms with Crippen LogP contribution in [0.1, 0.15) is 28.9 Å². The Bertz CT molecular complexity index is 728. The van der Waals surface area contributed by atoms with E-state index in [1.807, 2.05) is 4.90 Å². The molecule has 25 heavy (non-hydrogen) atoms. The number of anilines is 1. The number of carbonyl (C=O) groups is 1. The molecule has 1 fully saturated rings. The quantitative estimate of drug-likeness (QED) is 0.925.